The fourth-order valence-electron chi connectivity index (χ4n) is 1.33. The van der Waals surface area contributed by atoms with Gasteiger partial charge in [-0.05, 0) is 13.0 Å². The highest BCUT2D eigenvalue weighted by atomic mass is 19.3. The van der Waals surface area contributed by atoms with Gasteiger partial charge in [0.05, 0.1) is 23.8 Å². The van der Waals surface area contributed by atoms with E-state index >= 15 is 0 Å². The summed E-state index contributed by atoms with van der Waals surface area (Å²) in [6.07, 6.45) is 0.424. The second-order valence-electron chi connectivity index (χ2n) is 3.33. The van der Waals surface area contributed by atoms with Gasteiger partial charge < -0.3 is 4.74 Å². The van der Waals surface area contributed by atoms with Crippen molar-refractivity contribution < 1.29 is 23.1 Å². The number of halogens is 2. The van der Waals surface area contributed by atoms with E-state index in [1.165, 1.54) is 13.0 Å². The smallest absolute Gasteiger partial charge is 0.382 e. The molecule has 0 fully saturated rings. The van der Waals surface area contributed by atoms with E-state index in [0.717, 1.165) is 18.2 Å². The third-order valence-corrected chi connectivity index (χ3v) is 2.17. The normalized spacial score (nSPS) is 10.6. The van der Waals surface area contributed by atoms with Crippen LogP contribution in [0.1, 0.15) is 28.4 Å². The lowest BCUT2D eigenvalue weighted by molar-refractivity contribution is -0.173. The molecule has 4 nitrogen and oxygen atoms in total. The van der Waals surface area contributed by atoms with Crippen molar-refractivity contribution in [2.45, 2.75) is 12.8 Å². The van der Waals surface area contributed by atoms with Gasteiger partial charge in [0.2, 0.25) is 0 Å². The Bertz CT molecular complexity index is 521. The average molecular weight is 253 g/mol. The molecule has 1 aromatic carbocycles. The van der Waals surface area contributed by atoms with Crippen molar-refractivity contribution in [3.05, 3.63) is 34.9 Å². The summed E-state index contributed by atoms with van der Waals surface area (Å²) in [4.78, 5) is 21.6. The molecule has 0 aromatic heterocycles. The van der Waals surface area contributed by atoms with Crippen molar-refractivity contribution >= 4 is 12.3 Å². The molecule has 0 aliphatic carbocycles. The van der Waals surface area contributed by atoms with Gasteiger partial charge in [-0.3, -0.25) is 4.79 Å². The van der Waals surface area contributed by atoms with Crippen LogP contribution >= 0.6 is 0 Å². The molecule has 18 heavy (non-hydrogen) atoms. The molecule has 0 spiro atoms. The largest absolute Gasteiger partial charge is 0.461 e. The molecule has 1 rings (SSSR count). The quantitative estimate of drug-likeness (QED) is 0.608. The van der Waals surface area contributed by atoms with E-state index in [2.05, 4.69) is 4.74 Å². The summed E-state index contributed by atoms with van der Waals surface area (Å²) in [7, 11) is 0. The summed E-state index contributed by atoms with van der Waals surface area (Å²) < 4.78 is 31.7. The average Bonchev–Trinajstić information content (AvgIpc) is 2.38. The summed E-state index contributed by atoms with van der Waals surface area (Å²) in [5.41, 5.74) is -1.12. The standard InChI is InChI=1S/C12H9F2NO3/c1-2-18-11(17)12(13,14)10-4-3-8(7-16)5-9(10)6-15/h3-5,7H,2H2,1H3. The molecule has 0 bridgehead atoms. The first-order valence-corrected chi connectivity index (χ1v) is 5.02. The molecule has 0 aliphatic rings. The molecule has 94 valence electrons. The number of hydrogen-bond acceptors (Lipinski definition) is 4. The van der Waals surface area contributed by atoms with E-state index in [0.29, 0.717) is 6.29 Å². The summed E-state index contributed by atoms with van der Waals surface area (Å²) in [6, 6.07) is 4.50. The Labute approximate surface area is 102 Å². The predicted octanol–water partition coefficient (Wildman–Crippen LogP) is 2.03. The van der Waals surface area contributed by atoms with Gasteiger partial charge in [-0.2, -0.15) is 14.0 Å². The van der Waals surface area contributed by atoms with Crippen LogP contribution in [0.4, 0.5) is 8.78 Å². The minimum absolute atomic E-state index is 0.0787. The second-order valence-corrected chi connectivity index (χ2v) is 3.33. The van der Waals surface area contributed by atoms with Gasteiger partial charge in [0, 0.05) is 5.56 Å². The van der Waals surface area contributed by atoms with Crippen LogP contribution in [0.25, 0.3) is 0 Å². The van der Waals surface area contributed by atoms with Crippen LogP contribution in [-0.2, 0) is 15.5 Å². The van der Waals surface area contributed by atoms with E-state index < -0.39 is 23.0 Å². The minimum Gasteiger partial charge on any atom is -0.461 e. The van der Waals surface area contributed by atoms with Crippen LogP contribution in [0.2, 0.25) is 0 Å². The SMILES string of the molecule is CCOC(=O)C(F)(F)c1ccc(C=O)cc1C#N. The molecule has 0 saturated heterocycles. The fraction of sp³-hybridized carbons (Fsp3) is 0.250. The Morgan fingerprint density at radius 3 is 2.72 bits per heavy atom. The molecule has 0 unspecified atom stereocenters. The number of carbonyl (C=O) groups is 2. The molecule has 0 amide bonds. The zero-order valence-electron chi connectivity index (χ0n) is 9.44. The summed E-state index contributed by atoms with van der Waals surface area (Å²) in [6.45, 7) is 1.21. The number of nitriles is 1. The van der Waals surface area contributed by atoms with Crippen LogP contribution in [0.15, 0.2) is 18.2 Å². The van der Waals surface area contributed by atoms with Gasteiger partial charge in [0.15, 0.2) is 0 Å². The highest BCUT2D eigenvalue weighted by molar-refractivity contribution is 5.82. The number of carbonyl (C=O) groups excluding carboxylic acids is 2. The van der Waals surface area contributed by atoms with Crippen molar-refractivity contribution in [1.29, 1.82) is 5.26 Å². The summed E-state index contributed by atoms with van der Waals surface area (Å²) >= 11 is 0. The van der Waals surface area contributed by atoms with Gasteiger partial charge >= 0.3 is 11.9 Å². The van der Waals surface area contributed by atoms with E-state index in [1.54, 1.807) is 0 Å². The highest BCUT2D eigenvalue weighted by Gasteiger charge is 2.44. The van der Waals surface area contributed by atoms with Crippen molar-refractivity contribution in [1.82, 2.24) is 0 Å². The molecule has 0 radical (unpaired) electrons. The van der Waals surface area contributed by atoms with Gasteiger partial charge in [0.25, 0.3) is 0 Å². The highest BCUT2D eigenvalue weighted by Crippen LogP contribution is 2.32. The Kier molecular flexibility index (Phi) is 4.10. The monoisotopic (exact) mass is 253 g/mol. The van der Waals surface area contributed by atoms with Gasteiger partial charge in [-0.15, -0.1) is 0 Å². The van der Waals surface area contributed by atoms with Crippen molar-refractivity contribution in [2.75, 3.05) is 6.61 Å². The van der Waals surface area contributed by atoms with E-state index in [-0.39, 0.29) is 12.2 Å². The molecule has 0 atom stereocenters. The maximum atomic E-state index is 13.7. The molecule has 0 saturated carbocycles. The van der Waals surface area contributed by atoms with Crippen LogP contribution in [0.5, 0.6) is 0 Å². The number of ether oxygens (including phenoxy) is 1. The summed E-state index contributed by atoms with van der Waals surface area (Å²) in [5.74, 6) is -5.64. The zero-order chi connectivity index (χ0) is 13.8. The topological polar surface area (TPSA) is 67.2 Å². The van der Waals surface area contributed by atoms with Crippen LogP contribution in [-0.4, -0.2) is 18.9 Å². The molecule has 6 heteroatoms. The number of esters is 1. The number of rotatable bonds is 4. The molecular weight excluding hydrogens is 244 g/mol. The van der Waals surface area contributed by atoms with Gasteiger partial charge in [-0.1, -0.05) is 12.1 Å². The zero-order valence-corrected chi connectivity index (χ0v) is 9.44. The first kappa shape index (κ1) is 13.8. The first-order valence-electron chi connectivity index (χ1n) is 5.02. The van der Waals surface area contributed by atoms with Gasteiger partial charge in [0.1, 0.15) is 6.29 Å². The van der Waals surface area contributed by atoms with Crippen LogP contribution in [0.3, 0.4) is 0 Å². The molecule has 0 aliphatic heterocycles. The molecular formula is C12H9F2NO3. The lowest BCUT2D eigenvalue weighted by Crippen LogP contribution is -2.29. The van der Waals surface area contributed by atoms with E-state index in [1.807, 2.05) is 0 Å². The Balaban J connectivity index is 3.28. The number of aldehydes is 1. The number of alkyl halides is 2. The molecule has 0 N–H and O–H groups in total. The number of hydrogen-bond donors (Lipinski definition) is 0. The maximum absolute atomic E-state index is 13.7. The Morgan fingerprint density at radius 2 is 2.22 bits per heavy atom. The fourth-order valence-corrected chi connectivity index (χ4v) is 1.33. The number of nitrogens with zero attached hydrogens (tertiary/aromatic N) is 1. The van der Waals surface area contributed by atoms with E-state index in [9.17, 15) is 18.4 Å². The lowest BCUT2D eigenvalue weighted by atomic mass is 10.00. The van der Waals surface area contributed by atoms with Crippen molar-refractivity contribution in [3.8, 4) is 6.07 Å². The molecule has 0 heterocycles. The Morgan fingerprint density at radius 1 is 1.56 bits per heavy atom. The third kappa shape index (κ3) is 2.51. The maximum Gasteiger partial charge on any atom is 0.382 e. The third-order valence-electron chi connectivity index (χ3n) is 2.17. The van der Waals surface area contributed by atoms with Crippen molar-refractivity contribution in [3.63, 3.8) is 0 Å². The lowest BCUT2D eigenvalue weighted by Gasteiger charge is -2.16. The summed E-state index contributed by atoms with van der Waals surface area (Å²) in [5, 5.41) is 8.76. The molecule has 1 aromatic rings. The minimum atomic E-state index is -3.91. The van der Waals surface area contributed by atoms with Crippen LogP contribution < -0.4 is 0 Å². The first-order chi connectivity index (χ1) is 8.47. The Hall–Kier alpha value is -2.29. The number of benzene rings is 1. The van der Waals surface area contributed by atoms with Crippen molar-refractivity contribution in [2.24, 2.45) is 0 Å². The second kappa shape index (κ2) is 5.36. The van der Waals surface area contributed by atoms with Crippen LogP contribution in [0, 0.1) is 11.3 Å². The predicted molar refractivity (Wildman–Crippen MR) is 57.1 cm³/mol. The van der Waals surface area contributed by atoms with E-state index in [4.69, 9.17) is 5.26 Å². The van der Waals surface area contributed by atoms with Gasteiger partial charge in [-0.25, -0.2) is 4.79 Å².